The number of anilines is 1. The summed E-state index contributed by atoms with van der Waals surface area (Å²) in [6, 6.07) is 7.26. The highest BCUT2D eigenvalue weighted by Gasteiger charge is 2.17. The molecule has 1 saturated heterocycles. The Labute approximate surface area is 176 Å². The molecule has 0 radical (unpaired) electrons. The topological polar surface area (TPSA) is 53.6 Å². The first-order valence-corrected chi connectivity index (χ1v) is 10.2. The second-order valence-corrected chi connectivity index (χ2v) is 7.63. The molecule has 1 aliphatic carbocycles. The number of nitrogens with two attached hydrogens (primary N) is 1. The number of guanidine groups is 1. The van der Waals surface area contributed by atoms with E-state index in [2.05, 4.69) is 40.3 Å². The third kappa shape index (κ3) is 6.12. The van der Waals surface area contributed by atoms with Crippen LogP contribution < -0.4 is 11.1 Å². The monoisotopic (exact) mass is 470 g/mol. The molecule has 26 heavy (non-hydrogen) atoms. The highest BCUT2D eigenvalue weighted by molar-refractivity contribution is 14.0. The number of likely N-dealkylation sites (tertiary alicyclic amines) is 1. The van der Waals surface area contributed by atoms with Crippen LogP contribution in [0.15, 0.2) is 23.2 Å². The minimum atomic E-state index is 0. The van der Waals surface area contributed by atoms with E-state index in [0.29, 0.717) is 5.96 Å². The standard InChI is InChI=1S/C21H34N4.HI/c1-17-9-4-6-15-25(17)16-7-5-14-23-21(22)24-20-13-8-11-18-10-2-3-12-19(18)20;/h8,11,13,17H,2-7,9-10,12,14-16H2,1H3,(H3,22,23,24);1H. The van der Waals surface area contributed by atoms with Gasteiger partial charge in [-0.25, -0.2) is 0 Å². The van der Waals surface area contributed by atoms with E-state index < -0.39 is 0 Å². The number of nitrogens with zero attached hydrogens (tertiary/aromatic N) is 2. The second kappa shape index (κ2) is 11.1. The summed E-state index contributed by atoms with van der Waals surface area (Å²) >= 11 is 0. The summed E-state index contributed by atoms with van der Waals surface area (Å²) < 4.78 is 0. The van der Waals surface area contributed by atoms with Gasteiger partial charge in [0.2, 0.25) is 0 Å². The van der Waals surface area contributed by atoms with Crippen molar-refractivity contribution in [3.8, 4) is 0 Å². The Morgan fingerprint density at radius 1 is 1.19 bits per heavy atom. The SMILES string of the molecule is CC1CCCCN1CCCCN=C(N)Nc1cccc2c1CCCC2.I. The van der Waals surface area contributed by atoms with Gasteiger partial charge in [-0.3, -0.25) is 4.99 Å². The molecule has 1 unspecified atom stereocenters. The smallest absolute Gasteiger partial charge is 0.193 e. The summed E-state index contributed by atoms with van der Waals surface area (Å²) in [6.45, 7) is 5.65. The van der Waals surface area contributed by atoms with Crippen LogP contribution >= 0.6 is 24.0 Å². The first kappa shape index (κ1) is 21.5. The quantitative estimate of drug-likeness (QED) is 0.277. The molecule has 1 fully saturated rings. The van der Waals surface area contributed by atoms with Crippen LogP contribution in [0.25, 0.3) is 0 Å². The number of piperidine rings is 1. The Kier molecular flexibility index (Phi) is 9.19. The summed E-state index contributed by atoms with van der Waals surface area (Å²) in [4.78, 5) is 7.16. The maximum Gasteiger partial charge on any atom is 0.193 e. The van der Waals surface area contributed by atoms with E-state index in [1.54, 1.807) is 0 Å². The third-order valence-corrected chi connectivity index (χ3v) is 5.73. The first-order valence-electron chi connectivity index (χ1n) is 10.2. The van der Waals surface area contributed by atoms with Crippen LogP contribution in [0, 0.1) is 0 Å². The molecule has 1 atom stereocenters. The van der Waals surface area contributed by atoms with Crippen LogP contribution in [0.5, 0.6) is 0 Å². The lowest BCUT2D eigenvalue weighted by molar-refractivity contribution is 0.158. The van der Waals surface area contributed by atoms with E-state index in [1.165, 1.54) is 69.2 Å². The summed E-state index contributed by atoms with van der Waals surface area (Å²) in [7, 11) is 0. The van der Waals surface area contributed by atoms with E-state index in [9.17, 15) is 0 Å². The molecular weight excluding hydrogens is 435 g/mol. The van der Waals surface area contributed by atoms with Gasteiger partial charge in [0.05, 0.1) is 0 Å². The lowest BCUT2D eigenvalue weighted by Crippen LogP contribution is -2.38. The number of halogens is 1. The van der Waals surface area contributed by atoms with Crippen molar-refractivity contribution in [2.45, 2.75) is 70.8 Å². The Balaban J connectivity index is 0.00000243. The molecule has 5 heteroatoms. The van der Waals surface area contributed by atoms with Crippen molar-refractivity contribution in [1.29, 1.82) is 0 Å². The number of aliphatic imine (C=N–C) groups is 1. The lowest BCUT2D eigenvalue weighted by Gasteiger charge is -2.33. The average Bonchev–Trinajstić information content (AvgIpc) is 2.63. The van der Waals surface area contributed by atoms with Crippen LogP contribution in [0.2, 0.25) is 0 Å². The fraction of sp³-hybridized carbons (Fsp3) is 0.667. The molecule has 1 aromatic rings. The van der Waals surface area contributed by atoms with Crippen LogP contribution in [0.4, 0.5) is 5.69 Å². The lowest BCUT2D eigenvalue weighted by atomic mass is 9.90. The number of fused-ring (bicyclic) bond motifs is 1. The number of nitrogens with one attached hydrogen (secondary N) is 1. The Morgan fingerprint density at radius 3 is 2.88 bits per heavy atom. The van der Waals surface area contributed by atoms with Crippen molar-refractivity contribution in [3.63, 3.8) is 0 Å². The Bertz CT molecular complexity index is 587. The van der Waals surface area contributed by atoms with Crippen molar-refractivity contribution < 1.29 is 0 Å². The fourth-order valence-electron chi connectivity index (χ4n) is 4.19. The summed E-state index contributed by atoms with van der Waals surface area (Å²) in [6.07, 6.45) is 11.4. The largest absolute Gasteiger partial charge is 0.370 e. The van der Waals surface area contributed by atoms with Gasteiger partial charge < -0.3 is 16.0 Å². The maximum atomic E-state index is 6.11. The molecule has 0 amide bonds. The maximum absolute atomic E-state index is 6.11. The molecule has 0 saturated carbocycles. The van der Waals surface area contributed by atoms with Crippen molar-refractivity contribution in [1.82, 2.24) is 4.90 Å². The van der Waals surface area contributed by atoms with Crippen LogP contribution in [-0.2, 0) is 12.8 Å². The van der Waals surface area contributed by atoms with Crippen molar-refractivity contribution in [2.75, 3.05) is 25.0 Å². The molecule has 146 valence electrons. The first-order chi connectivity index (χ1) is 12.2. The van der Waals surface area contributed by atoms with Gasteiger partial charge in [0.25, 0.3) is 0 Å². The molecule has 1 heterocycles. The van der Waals surface area contributed by atoms with E-state index in [0.717, 1.165) is 31.1 Å². The Morgan fingerprint density at radius 2 is 2.04 bits per heavy atom. The highest BCUT2D eigenvalue weighted by atomic mass is 127. The highest BCUT2D eigenvalue weighted by Crippen LogP contribution is 2.27. The molecular formula is C21H35IN4. The van der Waals surface area contributed by atoms with Gasteiger partial charge in [-0.1, -0.05) is 18.6 Å². The van der Waals surface area contributed by atoms with Crippen LogP contribution in [0.3, 0.4) is 0 Å². The molecule has 1 aromatic carbocycles. The van der Waals surface area contributed by atoms with Gasteiger partial charge >= 0.3 is 0 Å². The zero-order valence-electron chi connectivity index (χ0n) is 16.2. The van der Waals surface area contributed by atoms with Crippen LogP contribution in [-0.4, -0.2) is 36.5 Å². The van der Waals surface area contributed by atoms with Crippen molar-refractivity contribution in [2.24, 2.45) is 10.7 Å². The molecule has 0 bridgehead atoms. The molecule has 2 aliphatic rings. The van der Waals surface area contributed by atoms with Gasteiger partial charge in [0, 0.05) is 18.3 Å². The van der Waals surface area contributed by atoms with Gasteiger partial charge in [0.15, 0.2) is 5.96 Å². The van der Waals surface area contributed by atoms with Gasteiger partial charge in [-0.2, -0.15) is 0 Å². The Hall–Kier alpha value is -0.820. The van der Waals surface area contributed by atoms with E-state index in [-0.39, 0.29) is 24.0 Å². The number of unbranched alkanes of at least 4 members (excludes halogenated alkanes) is 1. The number of hydrogen-bond donors (Lipinski definition) is 2. The van der Waals surface area contributed by atoms with E-state index >= 15 is 0 Å². The zero-order chi connectivity index (χ0) is 17.5. The molecule has 3 N–H and O–H groups in total. The molecule has 4 nitrogen and oxygen atoms in total. The summed E-state index contributed by atoms with van der Waals surface area (Å²) in [5.41, 5.74) is 10.2. The second-order valence-electron chi connectivity index (χ2n) is 7.63. The summed E-state index contributed by atoms with van der Waals surface area (Å²) in [5.74, 6) is 0.560. The normalized spacial score (nSPS) is 21.0. The van der Waals surface area contributed by atoms with Crippen molar-refractivity contribution >= 4 is 35.6 Å². The van der Waals surface area contributed by atoms with Crippen LogP contribution in [0.1, 0.15) is 63.0 Å². The molecule has 3 rings (SSSR count). The predicted octanol–water partition coefficient (Wildman–Crippen LogP) is 4.56. The minimum absolute atomic E-state index is 0. The minimum Gasteiger partial charge on any atom is -0.370 e. The van der Waals surface area contributed by atoms with Gasteiger partial charge in [-0.05, 0) is 88.6 Å². The molecule has 1 aliphatic heterocycles. The van der Waals surface area contributed by atoms with E-state index in [4.69, 9.17) is 5.73 Å². The van der Waals surface area contributed by atoms with E-state index in [1.807, 2.05) is 0 Å². The third-order valence-electron chi connectivity index (χ3n) is 5.73. The zero-order valence-corrected chi connectivity index (χ0v) is 18.5. The van der Waals surface area contributed by atoms with Gasteiger partial charge in [-0.15, -0.1) is 24.0 Å². The van der Waals surface area contributed by atoms with Gasteiger partial charge in [0.1, 0.15) is 0 Å². The average molecular weight is 470 g/mol. The fourth-order valence-corrected chi connectivity index (χ4v) is 4.19. The number of benzene rings is 1. The number of hydrogen-bond acceptors (Lipinski definition) is 2. The number of aryl methyl sites for hydroxylation is 1. The van der Waals surface area contributed by atoms with Crippen molar-refractivity contribution in [3.05, 3.63) is 29.3 Å². The summed E-state index contributed by atoms with van der Waals surface area (Å²) in [5, 5.41) is 3.33. The molecule has 0 aromatic heterocycles. The predicted molar refractivity (Wildman–Crippen MR) is 123 cm³/mol. The number of rotatable bonds is 6. The molecule has 0 spiro atoms.